The first kappa shape index (κ1) is 15.8. The highest BCUT2D eigenvalue weighted by atomic mass is 32.2. The Morgan fingerprint density at radius 2 is 1.83 bits per heavy atom. The lowest BCUT2D eigenvalue weighted by Crippen LogP contribution is -2.09. The van der Waals surface area contributed by atoms with Crippen LogP contribution in [0.1, 0.15) is 17.9 Å². The summed E-state index contributed by atoms with van der Waals surface area (Å²) >= 11 is 0. The molecule has 2 aromatic rings. The van der Waals surface area contributed by atoms with Gasteiger partial charge in [-0.2, -0.15) is 0 Å². The fourth-order valence-corrected chi connectivity index (χ4v) is 4.15. The van der Waals surface area contributed by atoms with Gasteiger partial charge in [-0.3, -0.25) is 0 Å². The van der Waals surface area contributed by atoms with Gasteiger partial charge in [0.2, 0.25) is 9.84 Å². The van der Waals surface area contributed by atoms with Gasteiger partial charge in [0.25, 0.3) is 0 Å². The van der Waals surface area contributed by atoms with E-state index in [-0.39, 0.29) is 15.5 Å². The molecular weight excluding hydrogens is 314 g/mol. The van der Waals surface area contributed by atoms with Gasteiger partial charge in [-0.25, -0.2) is 8.42 Å². The van der Waals surface area contributed by atoms with Crippen molar-refractivity contribution in [3.8, 4) is 11.5 Å². The molecule has 1 heterocycles. The number of aromatic hydroxyl groups is 1. The number of benzene rings is 2. The van der Waals surface area contributed by atoms with Crippen molar-refractivity contribution in [2.24, 2.45) is 0 Å². The standard InChI is InChI=1S/C17H19NO4S/c1-22-17-10-15(6-7-16(17)12-8-9-18-11-12)23(20,21)14-4-2-13(19)3-5-14/h2-7,10,12,18-19H,8-9,11H2,1H3. The zero-order valence-corrected chi connectivity index (χ0v) is 13.6. The van der Waals surface area contributed by atoms with Crippen LogP contribution in [0.3, 0.4) is 0 Å². The molecule has 1 fully saturated rings. The van der Waals surface area contributed by atoms with Crippen LogP contribution in [0.5, 0.6) is 11.5 Å². The van der Waals surface area contributed by atoms with E-state index in [0.29, 0.717) is 11.7 Å². The SMILES string of the molecule is COc1cc(S(=O)(=O)c2ccc(O)cc2)ccc1C1CCNC1. The van der Waals surface area contributed by atoms with Gasteiger partial charge < -0.3 is 15.2 Å². The largest absolute Gasteiger partial charge is 0.508 e. The van der Waals surface area contributed by atoms with Crippen molar-refractivity contribution < 1.29 is 18.3 Å². The molecule has 0 amide bonds. The van der Waals surface area contributed by atoms with Gasteiger partial charge in [0.1, 0.15) is 11.5 Å². The Morgan fingerprint density at radius 3 is 2.43 bits per heavy atom. The van der Waals surface area contributed by atoms with Gasteiger partial charge in [-0.1, -0.05) is 6.07 Å². The molecule has 1 aliphatic rings. The summed E-state index contributed by atoms with van der Waals surface area (Å²) in [5.41, 5.74) is 1.03. The van der Waals surface area contributed by atoms with Crippen molar-refractivity contribution in [2.45, 2.75) is 22.1 Å². The van der Waals surface area contributed by atoms with E-state index in [1.165, 1.54) is 24.3 Å². The Balaban J connectivity index is 2.01. The highest BCUT2D eigenvalue weighted by molar-refractivity contribution is 7.91. The van der Waals surface area contributed by atoms with Crippen LogP contribution in [0.4, 0.5) is 0 Å². The third-order valence-electron chi connectivity index (χ3n) is 4.16. The van der Waals surface area contributed by atoms with Gasteiger partial charge in [0.15, 0.2) is 0 Å². The Labute approximate surface area is 135 Å². The lowest BCUT2D eigenvalue weighted by molar-refractivity contribution is 0.405. The maximum Gasteiger partial charge on any atom is 0.206 e. The van der Waals surface area contributed by atoms with E-state index in [2.05, 4.69) is 5.32 Å². The molecule has 23 heavy (non-hydrogen) atoms. The first-order valence-corrected chi connectivity index (χ1v) is 8.93. The fraction of sp³-hybridized carbons (Fsp3) is 0.294. The Kier molecular flexibility index (Phi) is 4.28. The second kappa shape index (κ2) is 6.22. The predicted molar refractivity (Wildman–Crippen MR) is 86.8 cm³/mol. The number of methoxy groups -OCH3 is 1. The smallest absolute Gasteiger partial charge is 0.206 e. The van der Waals surface area contributed by atoms with Crippen molar-refractivity contribution in [3.63, 3.8) is 0 Å². The van der Waals surface area contributed by atoms with Crippen LogP contribution in [0.2, 0.25) is 0 Å². The number of hydrogen-bond acceptors (Lipinski definition) is 5. The number of phenols is 1. The molecule has 5 nitrogen and oxygen atoms in total. The number of sulfone groups is 1. The third-order valence-corrected chi connectivity index (χ3v) is 5.93. The Hall–Kier alpha value is -2.05. The van der Waals surface area contributed by atoms with Crippen molar-refractivity contribution in [1.82, 2.24) is 5.32 Å². The van der Waals surface area contributed by atoms with Crippen LogP contribution >= 0.6 is 0 Å². The molecule has 3 rings (SSSR count). The van der Waals surface area contributed by atoms with Crippen LogP contribution in [-0.4, -0.2) is 33.7 Å². The van der Waals surface area contributed by atoms with Gasteiger partial charge in [0, 0.05) is 12.5 Å². The second-order valence-electron chi connectivity index (χ2n) is 5.59. The molecule has 6 heteroatoms. The molecule has 1 unspecified atom stereocenters. The zero-order chi connectivity index (χ0) is 16.4. The minimum Gasteiger partial charge on any atom is -0.508 e. The van der Waals surface area contributed by atoms with E-state index in [0.717, 1.165) is 25.1 Å². The summed E-state index contributed by atoms with van der Waals surface area (Å²) < 4.78 is 30.8. The third kappa shape index (κ3) is 3.04. The Morgan fingerprint density at radius 1 is 1.13 bits per heavy atom. The summed E-state index contributed by atoms with van der Waals surface area (Å²) in [7, 11) is -2.08. The Bertz CT molecular complexity index is 794. The highest BCUT2D eigenvalue weighted by Crippen LogP contribution is 2.34. The summed E-state index contributed by atoms with van der Waals surface area (Å²) in [6, 6.07) is 10.6. The molecule has 2 aromatic carbocycles. The molecule has 0 bridgehead atoms. The molecular formula is C17H19NO4S. The molecule has 0 spiro atoms. The number of nitrogens with one attached hydrogen (secondary N) is 1. The predicted octanol–water partition coefficient (Wildman–Crippen LogP) is 2.31. The topological polar surface area (TPSA) is 75.6 Å². The highest BCUT2D eigenvalue weighted by Gasteiger charge is 2.24. The minimum absolute atomic E-state index is 0.0330. The van der Waals surface area contributed by atoms with Crippen molar-refractivity contribution in [2.75, 3.05) is 20.2 Å². The van der Waals surface area contributed by atoms with Gasteiger partial charge in [0.05, 0.1) is 16.9 Å². The number of ether oxygens (including phenoxy) is 1. The molecule has 122 valence electrons. The quantitative estimate of drug-likeness (QED) is 0.898. The summed E-state index contributed by atoms with van der Waals surface area (Å²) in [5.74, 6) is 0.972. The van der Waals surface area contributed by atoms with Crippen LogP contribution < -0.4 is 10.1 Å². The molecule has 0 aliphatic carbocycles. The summed E-state index contributed by atoms with van der Waals surface area (Å²) in [4.78, 5) is 0.336. The van der Waals surface area contributed by atoms with Crippen LogP contribution in [0.25, 0.3) is 0 Å². The molecule has 0 aromatic heterocycles. The average Bonchev–Trinajstić information content (AvgIpc) is 3.09. The number of rotatable bonds is 4. The normalized spacial score (nSPS) is 18.0. The maximum absolute atomic E-state index is 12.7. The van der Waals surface area contributed by atoms with Crippen molar-refractivity contribution in [3.05, 3.63) is 48.0 Å². The van der Waals surface area contributed by atoms with Crippen molar-refractivity contribution >= 4 is 9.84 Å². The van der Waals surface area contributed by atoms with Gasteiger partial charge in [-0.05, 0) is 54.9 Å². The lowest BCUT2D eigenvalue weighted by atomic mass is 9.97. The van der Waals surface area contributed by atoms with Crippen LogP contribution in [-0.2, 0) is 9.84 Å². The maximum atomic E-state index is 12.7. The second-order valence-corrected chi connectivity index (χ2v) is 7.54. The van der Waals surface area contributed by atoms with Crippen molar-refractivity contribution in [1.29, 1.82) is 0 Å². The van der Waals surface area contributed by atoms with E-state index >= 15 is 0 Å². The number of hydrogen-bond donors (Lipinski definition) is 2. The van der Waals surface area contributed by atoms with E-state index in [1.54, 1.807) is 19.2 Å². The van der Waals surface area contributed by atoms with E-state index in [1.807, 2.05) is 6.07 Å². The average molecular weight is 333 g/mol. The summed E-state index contributed by atoms with van der Waals surface area (Å²) in [6.45, 7) is 1.84. The van der Waals surface area contributed by atoms with Crippen LogP contribution in [0.15, 0.2) is 52.3 Å². The minimum atomic E-state index is -3.64. The molecule has 1 aliphatic heterocycles. The molecule has 1 atom stereocenters. The molecule has 2 N–H and O–H groups in total. The van der Waals surface area contributed by atoms with Crippen LogP contribution in [0, 0.1) is 0 Å². The fourth-order valence-electron chi connectivity index (χ4n) is 2.88. The monoisotopic (exact) mass is 333 g/mol. The summed E-state index contributed by atoms with van der Waals surface area (Å²) in [6.07, 6.45) is 1.01. The number of phenolic OH excluding ortho intramolecular Hbond substituents is 1. The van der Waals surface area contributed by atoms with Gasteiger partial charge in [-0.15, -0.1) is 0 Å². The van der Waals surface area contributed by atoms with E-state index in [4.69, 9.17) is 4.74 Å². The zero-order valence-electron chi connectivity index (χ0n) is 12.8. The first-order valence-electron chi connectivity index (χ1n) is 7.45. The molecule has 1 saturated heterocycles. The van der Waals surface area contributed by atoms with E-state index in [9.17, 15) is 13.5 Å². The molecule has 0 saturated carbocycles. The van der Waals surface area contributed by atoms with E-state index < -0.39 is 9.84 Å². The molecule has 0 radical (unpaired) electrons. The first-order chi connectivity index (χ1) is 11.0. The van der Waals surface area contributed by atoms with Gasteiger partial charge >= 0.3 is 0 Å². The summed E-state index contributed by atoms with van der Waals surface area (Å²) in [5, 5.41) is 12.6. The lowest BCUT2D eigenvalue weighted by Gasteiger charge is -2.15.